The molecule has 27 heavy (non-hydrogen) atoms. The summed E-state index contributed by atoms with van der Waals surface area (Å²) in [4.78, 5) is 24.2. The Morgan fingerprint density at radius 1 is 1.19 bits per heavy atom. The highest BCUT2D eigenvalue weighted by Gasteiger charge is 2.12. The van der Waals surface area contributed by atoms with Crippen molar-refractivity contribution in [3.63, 3.8) is 0 Å². The van der Waals surface area contributed by atoms with Crippen molar-refractivity contribution in [2.45, 2.75) is 33.3 Å². The van der Waals surface area contributed by atoms with Crippen molar-refractivity contribution >= 4 is 33.4 Å². The number of carbonyl (C=O) groups is 2. The molecule has 5 nitrogen and oxygen atoms in total. The Morgan fingerprint density at radius 2 is 1.93 bits per heavy atom. The van der Waals surface area contributed by atoms with E-state index in [1.165, 1.54) is 12.1 Å². The lowest BCUT2D eigenvalue weighted by Gasteiger charge is -2.13. The number of anilines is 1. The van der Waals surface area contributed by atoms with E-state index in [4.69, 9.17) is 4.74 Å². The molecule has 0 spiro atoms. The van der Waals surface area contributed by atoms with Crippen molar-refractivity contribution in [3.8, 4) is 5.75 Å². The van der Waals surface area contributed by atoms with Gasteiger partial charge in [-0.2, -0.15) is 0 Å². The van der Waals surface area contributed by atoms with Crippen LogP contribution in [0, 0.1) is 12.7 Å². The Morgan fingerprint density at radius 3 is 2.59 bits per heavy atom. The van der Waals surface area contributed by atoms with Gasteiger partial charge in [0.05, 0.1) is 11.7 Å². The Labute approximate surface area is 166 Å². The number of ether oxygens (including phenoxy) is 1. The van der Waals surface area contributed by atoms with Gasteiger partial charge in [0.1, 0.15) is 11.6 Å². The number of halogens is 2. The van der Waals surface area contributed by atoms with Crippen LogP contribution in [0.4, 0.5) is 10.1 Å². The summed E-state index contributed by atoms with van der Waals surface area (Å²) in [5.41, 5.74) is 1.76. The maximum Gasteiger partial charge on any atom is 0.252 e. The van der Waals surface area contributed by atoms with Gasteiger partial charge in [0.25, 0.3) is 5.91 Å². The molecule has 2 aromatic carbocycles. The average molecular weight is 437 g/mol. The summed E-state index contributed by atoms with van der Waals surface area (Å²) in [6, 6.07) is 9.31. The SMILES string of the molecule is Cc1cc(OC(C)C)ccc1NC(=O)CCNC(=O)c1cc(F)ccc1Br. The third kappa shape index (κ3) is 6.36. The summed E-state index contributed by atoms with van der Waals surface area (Å²) in [5, 5.41) is 5.42. The van der Waals surface area contributed by atoms with E-state index in [1.54, 1.807) is 12.1 Å². The minimum atomic E-state index is -0.499. The molecular weight excluding hydrogens is 415 g/mol. The summed E-state index contributed by atoms with van der Waals surface area (Å²) >= 11 is 3.21. The zero-order chi connectivity index (χ0) is 20.0. The van der Waals surface area contributed by atoms with Crippen LogP contribution in [0.5, 0.6) is 5.75 Å². The molecule has 7 heteroatoms. The van der Waals surface area contributed by atoms with Gasteiger partial charge in [0, 0.05) is 23.1 Å². The second-order valence-corrected chi connectivity index (χ2v) is 7.18. The van der Waals surface area contributed by atoms with Gasteiger partial charge in [-0.3, -0.25) is 9.59 Å². The number of amides is 2. The van der Waals surface area contributed by atoms with Crippen LogP contribution in [0.25, 0.3) is 0 Å². The first kappa shape index (κ1) is 20.9. The fraction of sp³-hybridized carbons (Fsp3) is 0.300. The van der Waals surface area contributed by atoms with Gasteiger partial charge < -0.3 is 15.4 Å². The molecule has 0 atom stereocenters. The van der Waals surface area contributed by atoms with Gasteiger partial charge in [0.2, 0.25) is 5.91 Å². The van der Waals surface area contributed by atoms with E-state index < -0.39 is 11.7 Å². The van der Waals surface area contributed by atoms with Gasteiger partial charge in [0.15, 0.2) is 0 Å². The zero-order valence-electron chi connectivity index (χ0n) is 15.4. The molecule has 144 valence electrons. The van der Waals surface area contributed by atoms with Crippen LogP contribution in [0.1, 0.15) is 36.2 Å². The quantitative estimate of drug-likeness (QED) is 0.673. The minimum absolute atomic E-state index is 0.0755. The normalized spacial score (nSPS) is 10.6. The Kier molecular flexibility index (Phi) is 7.36. The standard InChI is InChI=1S/C20H22BrFN2O3/c1-12(2)27-15-5-7-18(13(3)10-15)24-19(25)8-9-23-20(26)16-11-14(22)4-6-17(16)21/h4-7,10-12H,8-9H2,1-3H3,(H,23,26)(H,24,25). The van der Waals surface area contributed by atoms with E-state index in [0.717, 1.165) is 17.4 Å². The van der Waals surface area contributed by atoms with Crippen molar-refractivity contribution < 1.29 is 18.7 Å². The van der Waals surface area contributed by atoms with Crippen molar-refractivity contribution in [2.75, 3.05) is 11.9 Å². The molecule has 0 radical (unpaired) electrons. The average Bonchev–Trinajstić information content (AvgIpc) is 2.59. The molecule has 0 aromatic heterocycles. The molecule has 0 unspecified atom stereocenters. The lowest BCUT2D eigenvalue weighted by Crippen LogP contribution is -2.28. The summed E-state index contributed by atoms with van der Waals surface area (Å²) in [7, 11) is 0. The fourth-order valence-electron chi connectivity index (χ4n) is 2.39. The number of benzene rings is 2. The molecule has 0 aliphatic carbocycles. The van der Waals surface area contributed by atoms with Crippen molar-refractivity contribution in [1.29, 1.82) is 0 Å². The van der Waals surface area contributed by atoms with E-state index in [1.807, 2.05) is 26.8 Å². The van der Waals surface area contributed by atoms with Crippen LogP contribution < -0.4 is 15.4 Å². The molecule has 0 aliphatic rings. The first-order valence-corrected chi connectivity index (χ1v) is 9.36. The first-order chi connectivity index (χ1) is 12.8. The molecule has 0 bridgehead atoms. The smallest absolute Gasteiger partial charge is 0.252 e. The molecule has 2 rings (SSSR count). The third-order valence-electron chi connectivity index (χ3n) is 3.65. The molecular formula is C20H22BrFN2O3. The second kappa shape index (κ2) is 9.50. The van der Waals surface area contributed by atoms with Crippen LogP contribution >= 0.6 is 15.9 Å². The van der Waals surface area contributed by atoms with E-state index in [-0.39, 0.29) is 30.5 Å². The van der Waals surface area contributed by atoms with E-state index in [9.17, 15) is 14.0 Å². The fourth-order valence-corrected chi connectivity index (χ4v) is 2.82. The van der Waals surface area contributed by atoms with Gasteiger partial charge in [-0.05, 0) is 78.7 Å². The van der Waals surface area contributed by atoms with E-state index >= 15 is 0 Å². The summed E-state index contributed by atoms with van der Waals surface area (Å²) in [6.07, 6.45) is 0.175. The maximum absolute atomic E-state index is 13.3. The predicted octanol–water partition coefficient (Wildman–Crippen LogP) is 4.44. The molecule has 0 fully saturated rings. The summed E-state index contributed by atoms with van der Waals surface area (Å²) < 4.78 is 19.4. The Bertz CT molecular complexity index is 840. The predicted molar refractivity (Wildman–Crippen MR) is 107 cm³/mol. The van der Waals surface area contributed by atoms with Gasteiger partial charge in [-0.25, -0.2) is 4.39 Å². The lowest BCUT2D eigenvalue weighted by atomic mass is 10.2. The number of rotatable bonds is 7. The molecule has 0 heterocycles. The van der Waals surface area contributed by atoms with E-state index in [0.29, 0.717) is 10.2 Å². The van der Waals surface area contributed by atoms with Crippen molar-refractivity contribution in [2.24, 2.45) is 0 Å². The topological polar surface area (TPSA) is 67.4 Å². The van der Waals surface area contributed by atoms with E-state index in [2.05, 4.69) is 26.6 Å². The highest BCUT2D eigenvalue weighted by atomic mass is 79.9. The zero-order valence-corrected chi connectivity index (χ0v) is 17.0. The maximum atomic E-state index is 13.3. The minimum Gasteiger partial charge on any atom is -0.491 e. The van der Waals surface area contributed by atoms with Gasteiger partial charge in [-0.15, -0.1) is 0 Å². The largest absolute Gasteiger partial charge is 0.491 e. The van der Waals surface area contributed by atoms with Crippen LogP contribution in [-0.4, -0.2) is 24.5 Å². The number of hydrogen-bond acceptors (Lipinski definition) is 3. The van der Waals surface area contributed by atoms with Crippen LogP contribution in [0.2, 0.25) is 0 Å². The van der Waals surface area contributed by atoms with Crippen molar-refractivity contribution in [3.05, 3.63) is 57.8 Å². The molecule has 2 N–H and O–H groups in total. The third-order valence-corrected chi connectivity index (χ3v) is 4.35. The highest BCUT2D eigenvalue weighted by molar-refractivity contribution is 9.10. The summed E-state index contributed by atoms with van der Waals surface area (Å²) in [6.45, 7) is 5.91. The van der Waals surface area contributed by atoms with Gasteiger partial charge in [-0.1, -0.05) is 0 Å². The number of nitrogens with one attached hydrogen (secondary N) is 2. The molecule has 2 amide bonds. The first-order valence-electron chi connectivity index (χ1n) is 8.56. The number of aryl methyl sites for hydroxylation is 1. The van der Waals surface area contributed by atoms with Crippen molar-refractivity contribution in [1.82, 2.24) is 5.32 Å². The number of hydrogen-bond donors (Lipinski definition) is 2. The molecule has 0 saturated carbocycles. The van der Waals surface area contributed by atoms with Crippen LogP contribution in [-0.2, 0) is 4.79 Å². The molecule has 0 aliphatic heterocycles. The lowest BCUT2D eigenvalue weighted by molar-refractivity contribution is -0.116. The second-order valence-electron chi connectivity index (χ2n) is 6.32. The molecule has 2 aromatic rings. The molecule has 0 saturated heterocycles. The van der Waals surface area contributed by atoms with Gasteiger partial charge >= 0.3 is 0 Å². The number of carbonyl (C=O) groups excluding carboxylic acids is 2. The summed E-state index contributed by atoms with van der Waals surface area (Å²) in [5.74, 6) is -0.426. The Balaban J connectivity index is 1.86. The van der Waals surface area contributed by atoms with Crippen LogP contribution in [0.3, 0.4) is 0 Å². The Hall–Kier alpha value is -2.41. The highest BCUT2D eigenvalue weighted by Crippen LogP contribution is 2.22. The van der Waals surface area contributed by atoms with Crippen LogP contribution in [0.15, 0.2) is 40.9 Å². The monoisotopic (exact) mass is 436 g/mol.